The molecule has 2 nitrogen and oxygen atoms in total. The molecular weight excluding hydrogens is 196 g/mol. The second-order valence-corrected chi connectivity index (χ2v) is 3.34. The van der Waals surface area contributed by atoms with E-state index in [1.54, 1.807) is 6.20 Å². The maximum Gasteiger partial charge on any atom is 0.222 e. The minimum atomic E-state index is 0.294. The molecular formula is C11H9ClN2. The third kappa shape index (κ3) is 1.75. The molecule has 0 radical (unpaired) electrons. The molecule has 0 unspecified atom stereocenters. The first-order valence-corrected chi connectivity index (χ1v) is 4.70. The number of aryl methyl sites for hydroxylation is 1. The van der Waals surface area contributed by atoms with Crippen LogP contribution in [0.1, 0.15) is 5.69 Å². The van der Waals surface area contributed by atoms with Gasteiger partial charge in [0.2, 0.25) is 5.28 Å². The number of aromatic nitrogens is 2. The number of hydrogen-bond donors (Lipinski definition) is 0. The van der Waals surface area contributed by atoms with Crippen LogP contribution in [0.25, 0.3) is 11.1 Å². The van der Waals surface area contributed by atoms with Crippen LogP contribution in [0.2, 0.25) is 5.28 Å². The summed E-state index contributed by atoms with van der Waals surface area (Å²) in [7, 11) is 0. The smallest absolute Gasteiger partial charge is 0.222 e. The Hall–Kier alpha value is -1.41. The molecule has 0 fully saturated rings. The fourth-order valence-electron chi connectivity index (χ4n) is 1.34. The van der Waals surface area contributed by atoms with E-state index in [0.29, 0.717) is 5.28 Å². The summed E-state index contributed by atoms with van der Waals surface area (Å²) < 4.78 is 0. The molecule has 0 saturated heterocycles. The zero-order valence-corrected chi connectivity index (χ0v) is 8.49. The third-order valence-corrected chi connectivity index (χ3v) is 2.22. The van der Waals surface area contributed by atoms with Gasteiger partial charge in [0.15, 0.2) is 0 Å². The quantitative estimate of drug-likeness (QED) is 0.667. The van der Waals surface area contributed by atoms with E-state index in [-0.39, 0.29) is 0 Å². The zero-order chi connectivity index (χ0) is 9.97. The van der Waals surface area contributed by atoms with E-state index in [1.807, 2.05) is 37.3 Å². The van der Waals surface area contributed by atoms with Crippen LogP contribution in [-0.4, -0.2) is 9.97 Å². The van der Waals surface area contributed by atoms with Crippen LogP contribution in [-0.2, 0) is 0 Å². The summed E-state index contributed by atoms with van der Waals surface area (Å²) in [5.74, 6) is 0. The lowest BCUT2D eigenvalue weighted by molar-refractivity contribution is 1.11. The summed E-state index contributed by atoms with van der Waals surface area (Å²) >= 11 is 5.68. The SMILES string of the molecule is Cc1nc(Cl)ncc1-c1ccccc1. The molecule has 0 aliphatic heterocycles. The number of halogens is 1. The fourth-order valence-corrected chi connectivity index (χ4v) is 1.52. The van der Waals surface area contributed by atoms with Crippen molar-refractivity contribution in [2.24, 2.45) is 0 Å². The van der Waals surface area contributed by atoms with Gasteiger partial charge in [-0.15, -0.1) is 0 Å². The largest absolute Gasteiger partial charge is 0.226 e. The minimum Gasteiger partial charge on any atom is -0.226 e. The van der Waals surface area contributed by atoms with Crippen molar-refractivity contribution in [3.63, 3.8) is 0 Å². The van der Waals surface area contributed by atoms with Crippen molar-refractivity contribution in [1.29, 1.82) is 0 Å². The van der Waals surface area contributed by atoms with E-state index in [0.717, 1.165) is 16.8 Å². The Morgan fingerprint density at radius 2 is 1.86 bits per heavy atom. The predicted octanol–water partition coefficient (Wildman–Crippen LogP) is 3.11. The minimum absolute atomic E-state index is 0.294. The van der Waals surface area contributed by atoms with E-state index in [1.165, 1.54) is 0 Å². The normalized spacial score (nSPS) is 10.1. The monoisotopic (exact) mass is 204 g/mol. The molecule has 3 heteroatoms. The first-order valence-electron chi connectivity index (χ1n) is 4.32. The van der Waals surface area contributed by atoms with Gasteiger partial charge < -0.3 is 0 Å². The maximum absolute atomic E-state index is 5.68. The number of hydrogen-bond acceptors (Lipinski definition) is 2. The number of rotatable bonds is 1. The summed E-state index contributed by atoms with van der Waals surface area (Å²) in [6.45, 7) is 1.93. The maximum atomic E-state index is 5.68. The van der Waals surface area contributed by atoms with Gasteiger partial charge >= 0.3 is 0 Å². The Labute approximate surface area is 87.6 Å². The van der Waals surface area contributed by atoms with Gasteiger partial charge in [0, 0.05) is 11.8 Å². The molecule has 1 aromatic heterocycles. The molecule has 0 aliphatic rings. The summed E-state index contributed by atoms with van der Waals surface area (Å²) in [6.07, 6.45) is 1.75. The van der Waals surface area contributed by atoms with Gasteiger partial charge in [-0.2, -0.15) is 0 Å². The highest BCUT2D eigenvalue weighted by Gasteiger charge is 2.03. The van der Waals surface area contributed by atoms with Gasteiger partial charge in [0.25, 0.3) is 0 Å². The van der Waals surface area contributed by atoms with Crippen LogP contribution >= 0.6 is 11.6 Å². The Morgan fingerprint density at radius 1 is 1.14 bits per heavy atom. The van der Waals surface area contributed by atoms with Gasteiger partial charge in [0.05, 0.1) is 5.69 Å². The lowest BCUT2D eigenvalue weighted by Gasteiger charge is -2.03. The molecule has 0 bridgehead atoms. The molecule has 1 aromatic carbocycles. The summed E-state index contributed by atoms with van der Waals surface area (Å²) in [4.78, 5) is 8.07. The number of benzene rings is 1. The highest BCUT2D eigenvalue weighted by atomic mass is 35.5. The van der Waals surface area contributed by atoms with E-state index >= 15 is 0 Å². The molecule has 70 valence electrons. The average Bonchev–Trinajstić information content (AvgIpc) is 2.19. The second-order valence-electron chi connectivity index (χ2n) is 3.00. The van der Waals surface area contributed by atoms with Crippen molar-refractivity contribution in [2.75, 3.05) is 0 Å². The highest BCUT2D eigenvalue weighted by Crippen LogP contribution is 2.21. The molecule has 1 heterocycles. The van der Waals surface area contributed by atoms with Gasteiger partial charge in [-0.1, -0.05) is 30.3 Å². The Morgan fingerprint density at radius 3 is 2.50 bits per heavy atom. The Balaban J connectivity index is 2.53. The standard InChI is InChI=1S/C11H9ClN2/c1-8-10(7-13-11(12)14-8)9-5-3-2-4-6-9/h2-7H,1H3. The Bertz CT molecular complexity index is 440. The van der Waals surface area contributed by atoms with Gasteiger partial charge in [-0.25, -0.2) is 9.97 Å². The first-order chi connectivity index (χ1) is 6.77. The topological polar surface area (TPSA) is 25.8 Å². The van der Waals surface area contributed by atoms with Crippen molar-refractivity contribution < 1.29 is 0 Å². The van der Waals surface area contributed by atoms with Gasteiger partial charge in [0.1, 0.15) is 0 Å². The summed E-state index contributed by atoms with van der Waals surface area (Å²) in [5, 5.41) is 0.294. The molecule has 0 aliphatic carbocycles. The van der Waals surface area contributed by atoms with Crippen molar-refractivity contribution in [3.05, 3.63) is 47.5 Å². The lowest BCUT2D eigenvalue weighted by atomic mass is 10.1. The summed E-state index contributed by atoms with van der Waals surface area (Å²) in [5.41, 5.74) is 3.04. The number of nitrogens with zero attached hydrogens (tertiary/aromatic N) is 2. The molecule has 0 atom stereocenters. The molecule has 0 amide bonds. The first kappa shape index (κ1) is 9.16. The van der Waals surface area contributed by atoms with Crippen molar-refractivity contribution in [3.8, 4) is 11.1 Å². The van der Waals surface area contributed by atoms with Crippen molar-refractivity contribution in [1.82, 2.24) is 9.97 Å². The van der Waals surface area contributed by atoms with Gasteiger partial charge in [-0.05, 0) is 24.1 Å². The van der Waals surface area contributed by atoms with Crippen LogP contribution in [0, 0.1) is 6.92 Å². The fraction of sp³-hybridized carbons (Fsp3) is 0.0909. The molecule has 0 saturated carbocycles. The second kappa shape index (κ2) is 3.76. The zero-order valence-electron chi connectivity index (χ0n) is 7.74. The Kier molecular flexibility index (Phi) is 2.46. The van der Waals surface area contributed by atoms with Crippen LogP contribution in [0.5, 0.6) is 0 Å². The third-order valence-electron chi connectivity index (χ3n) is 2.03. The van der Waals surface area contributed by atoms with Crippen LogP contribution in [0.4, 0.5) is 0 Å². The van der Waals surface area contributed by atoms with E-state index < -0.39 is 0 Å². The lowest BCUT2D eigenvalue weighted by Crippen LogP contribution is -1.90. The summed E-state index contributed by atoms with van der Waals surface area (Å²) in [6, 6.07) is 10.0. The van der Waals surface area contributed by atoms with Crippen LogP contribution in [0.3, 0.4) is 0 Å². The predicted molar refractivity (Wildman–Crippen MR) is 57.2 cm³/mol. The molecule has 2 rings (SSSR count). The average molecular weight is 205 g/mol. The highest BCUT2D eigenvalue weighted by molar-refractivity contribution is 6.28. The van der Waals surface area contributed by atoms with Crippen molar-refractivity contribution >= 4 is 11.6 Å². The molecule has 0 N–H and O–H groups in total. The van der Waals surface area contributed by atoms with E-state index in [2.05, 4.69) is 9.97 Å². The van der Waals surface area contributed by atoms with Gasteiger partial charge in [-0.3, -0.25) is 0 Å². The molecule has 14 heavy (non-hydrogen) atoms. The van der Waals surface area contributed by atoms with E-state index in [9.17, 15) is 0 Å². The van der Waals surface area contributed by atoms with E-state index in [4.69, 9.17) is 11.6 Å². The molecule has 2 aromatic rings. The molecule has 0 spiro atoms. The van der Waals surface area contributed by atoms with Crippen molar-refractivity contribution in [2.45, 2.75) is 6.92 Å². The van der Waals surface area contributed by atoms with Crippen LogP contribution in [0.15, 0.2) is 36.5 Å². The van der Waals surface area contributed by atoms with Crippen LogP contribution < -0.4 is 0 Å².